The van der Waals surface area contributed by atoms with Crippen LogP contribution in [0.3, 0.4) is 0 Å². The van der Waals surface area contributed by atoms with Gasteiger partial charge in [0.05, 0.1) is 6.61 Å². The molecule has 0 bridgehead atoms. The van der Waals surface area contributed by atoms with Crippen molar-refractivity contribution in [1.29, 1.82) is 0 Å². The van der Waals surface area contributed by atoms with Crippen LogP contribution in [-0.4, -0.2) is 19.3 Å². The van der Waals surface area contributed by atoms with Gasteiger partial charge in [-0.05, 0) is 25.7 Å². The first-order valence-electron chi connectivity index (χ1n) is 4.90. The number of hydrogen-bond donors (Lipinski definition) is 1. The highest BCUT2D eigenvalue weighted by molar-refractivity contribution is 5.14. The van der Waals surface area contributed by atoms with E-state index in [9.17, 15) is 0 Å². The molecule has 1 heterocycles. The topological polar surface area (TPSA) is 35.2 Å². The lowest BCUT2D eigenvalue weighted by Crippen LogP contribution is -2.22. The number of nitrogens with two attached hydrogens (primary N) is 1. The lowest BCUT2D eigenvalue weighted by Gasteiger charge is -2.21. The van der Waals surface area contributed by atoms with Crippen molar-refractivity contribution in [2.75, 3.05) is 13.2 Å². The predicted octanol–water partition coefficient (Wildman–Crippen LogP) is 1.46. The zero-order valence-corrected chi connectivity index (χ0v) is 7.46. The highest BCUT2D eigenvalue weighted by Crippen LogP contribution is 2.29. The lowest BCUT2D eigenvalue weighted by atomic mass is 9.87. The molecule has 0 aromatic rings. The maximum Gasteiger partial charge on any atom is 0.0532 e. The van der Waals surface area contributed by atoms with Crippen molar-refractivity contribution < 1.29 is 4.74 Å². The Labute approximate surface area is 73.8 Å². The summed E-state index contributed by atoms with van der Waals surface area (Å²) in [6, 6.07) is 0.314. The van der Waals surface area contributed by atoms with E-state index in [1.54, 1.807) is 5.57 Å². The van der Waals surface area contributed by atoms with Crippen molar-refractivity contribution in [3.63, 3.8) is 0 Å². The molecule has 2 nitrogen and oxygen atoms in total. The zero-order chi connectivity index (χ0) is 8.39. The summed E-state index contributed by atoms with van der Waals surface area (Å²) in [5.74, 6) is 0.691. The van der Waals surface area contributed by atoms with Gasteiger partial charge in [0.25, 0.3) is 0 Å². The summed E-state index contributed by atoms with van der Waals surface area (Å²) in [7, 11) is 0. The Balaban J connectivity index is 2.01. The fraction of sp³-hybridized carbons (Fsp3) is 0.800. The Kier molecular flexibility index (Phi) is 2.47. The fourth-order valence-corrected chi connectivity index (χ4v) is 2.15. The molecular weight excluding hydrogens is 150 g/mol. The van der Waals surface area contributed by atoms with Crippen LogP contribution in [0.25, 0.3) is 0 Å². The van der Waals surface area contributed by atoms with E-state index in [1.807, 2.05) is 0 Å². The van der Waals surface area contributed by atoms with Crippen molar-refractivity contribution in [3.05, 3.63) is 11.6 Å². The molecule has 1 fully saturated rings. The third-order valence-corrected chi connectivity index (χ3v) is 2.89. The Morgan fingerprint density at radius 1 is 1.42 bits per heavy atom. The van der Waals surface area contributed by atoms with Crippen LogP contribution in [0.1, 0.15) is 25.7 Å². The summed E-state index contributed by atoms with van der Waals surface area (Å²) in [4.78, 5) is 0. The second kappa shape index (κ2) is 3.58. The van der Waals surface area contributed by atoms with Gasteiger partial charge in [-0.15, -0.1) is 0 Å². The van der Waals surface area contributed by atoms with E-state index in [-0.39, 0.29) is 0 Å². The molecule has 2 heteroatoms. The molecule has 0 aromatic carbocycles. The maximum absolute atomic E-state index is 5.88. The van der Waals surface area contributed by atoms with E-state index in [1.165, 1.54) is 19.3 Å². The minimum Gasteiger partial charge on any atom is -0.381 e. The van der Waals surface area contributed by atoms with Gasteiger partial charge in [0.1, 0.15) is 0 Å². The SMILES string of the molecule is NC1C=C(C2CCOC2)CCC1. The third kappa shape index (κ3) is 1.70. The van der Waals surface area contributed by atoms with Gasteiger partial charge >= 0.3 is 0 Å². The molecule has 0 radical (unpaired) electrons. The van der Waals surface area contributed by atoms with Gasteiger partial charge in [-0.2, -0.15) is 0 Å². The van der Waals surface area contributed by atoms with E-state index < -0.39 is 0 Å². The standard InChI is InChI=1S/C10H17NO/c11-10-3-1-2-8(6-10)9-4-5-12-7-9/h6,9-10H,1-5,7,11H2. The number of hydrogen-bond acceptors (Lipinski definition) is 2. The van der Waals surface area contributed by atoms with E-state index >= 15 is 0 Å². The summed E-state index contributed by atoms with van der Waals surface area (Å²) in [5, 5.41) is 0. The zero-order valence-electron chi connectivity index (χ0n) is 7.46. The van der Waals surface area contributed by atoms with Gasteiger partial charge in [0, 0.05) is 18.6 Å². The van der Waals surface area contributed by atoms with Crippen LogP contribution in [0, 0.1) is 5.92 Å². The van der Waals surface area contributed by atoms with Crippen LogP contribution in [0.4, 0.5) is 0 Å². The molecular formula is C10H17NO. The quantitative estimate of drug-likeness (QED) is 0.600. The minimum absolute atomic E-state index is 0.314. The molecule has 1 saturated heterocycles. The predicted molar refractivity (Wildman–Crippen MR) is 48.8 cm³/mol. The van der Waals surface area contributed by atoms with Crippen LogP contribution in [0.5, 0.6) is 0 Å². The highest BCUT2D eigenvalue weighted by Gasteiger charge is 2.22. The Morgan fingerprint density at radius 3 is 3.00 bits per heavy atom. The second-order valence-corrected chi connectivity index (χ2v) is 3.86. The molecule has 0 saturated carbocycles. The minimum atomic E-state index is 0.314. The lowest BCUT2D eigenvalue weighted by molar-refractivity contribution is 0.189. The Hall–Kier alpha value is -0.340. The van der Waals surface area contributed by atoms with Crippen LogP contribution in [0.2, 0.25) is 0 Å². The maximum atomic E-state index is 5.88. The fourth-order valence-electron chi connectivity index (χ4n) is 2.15. The second-order valence-electron chi connectivity index (χ2n) is 3.86. The Bertz CT molecular complexity index is 182. The first-order valence-corrected chi connectivity index (χ1v) is 4.90. The average molecular weight is 167 g/mol. The van der Waals surface area contributed by atoms with E-state index in [0.717, 1.165) is 19.6 Å². The van der Waals surface area contributed by atoms with Gasteiger partial charge in [0.2, 0.25) is 0 Å². The molecule has 0 amide bonds. The molecule has 1 aliphatic heterocycles. The van der Waals surface area contributed by atoms with Crippen molar-refractivity contribution in [2.24, 2.45) is 11.7 Å². The number of ether oxygens (including phenoxy) is 1. The van der Waals surface area contributed by atoms with Gasteiger partial charge < -0.3 is 10.5 Å². The molecule has 2 aliphatic rings. The van der Waals surface area contributed by atoms with Crippen molar-refractivity contribution in [3.8, 4) is 0 Å². The smallest absolute Gasteiger partial charge is 0.0532 e. The van der Waals surface area contributed by atoms with Crippen molar-refractivity contribution in [1.82, 2.24) is 0 Å². The molecule has 68 valence electrons. The van der Waals surface area contributed by atoms with Crippen LogP contribution >= 0.6 is 0 Å². The summed E-state index contributed by atoms with van der Waals surface area (Å²) in [6.07, 6.45) is 7.16. The molecule has 2 unspecified atom stereocenters. The summed E-state index contributed by atoms with van der Waals surface area (Å²) in [6.45, 7) is 1.87. The van der Waals surface area contributed by atoms with Crippen molar-refractivity contribution in [2.45, 2.75) is 31.7 Å². The molecule has 0 aromatic heterocycles. The summed E-state index contributed by atoms with van der Waals surface area (Å²) in [5.41, 5.74) is 7.44. The molecule has 2 atom stereocenters. The summed E-state index contributed by atoms with van der Waals surface area (Å²) >= 11 is 0. The van der Waals surface area contributed by atoms with Gasteiger partial charge in [0.15, 0.2) is 0 Å². The first kappa shape index (κ1) is 8.27. The molecule has 2 N–H and O–H groups in total. The highest BCUT2D eigenvalue weighted by atomic mass is 16.5. The number of rotatable bonds is 1. The third-order valence-electron chi connectivity index (χ3n) is 2.89. The monoisotopic (exact) mass is 167 g/mol. The van der Waals surface area contributed by atoms with Gasteiger partial charge in [-0.25, -0.2) is 0 Å². The largest absolute Gasteiger partial charge is 0.381 e. The van der Waals surface area contributed by atoms with Crippen LogP contribution in [0.15, 0.2) is 11.6 Å². The van der Waals surface area contributed by atoms with Crippen molar-refractivity contribution >= 4 is 0 Å². The van der Waals surface area contributed by atoms with E-state index in [4.69, 9.17) is 10.5 Å². The molecule has 2 rings (SSSR count). The van der Waals surface area contributed by atoms with Gasteiger partial charge in [-0.1, -0.05) is 11.6 Å². The van der Waals surface area contributed by atoms with E-state index in [0.29, 0.717) is 12.0 Å². The van der Waals surface area contributed by atoms with E-state index in [2.05, 4.69) is 6.08 Å². The van der Waals surface area contributed by atoms with Crippen LogP contribution in [-0.2, 0) is 4.74 Å². The van der Waals surface area contributed by atoms with Gasteiger partial charge in [-0.3, -0.25) is 0 Å². The first-order chi connectivity index (χ1) is 5.86. The normalized spacial score (nSPS) is 36.6. The molecule has 12 heavy (non-hydrogen) atoms. The molecule has 0 spiro atoms. The van der Waals surface area contributed by atoms with Crippen LogP contribution < -0.4 is 5.73 Å². The Morgan fingerprint density at radius 2 is 2.33 bits per heavy atom. The summed E-state index contributed by atoms with van der Waals surface area (Å²) < 4.78 is 5.36. The molecule has 1 aliphatic carbocycles. The average Bonchev–Trinajstić information content (AvgIpc) is 2.56.